The van der Waals surface area contributed by atoms with Gasteiger partial charge in [0.1, 0.15) is 16.1 Å². The molecule has 5 heteroatoms. The molecule has 0 saturated carbocycles. The van der Waals surface area contributed by atoms with Gasteiger partial charge in [-0.1, -0.05) is 67.7 Å². The van der Waals surface area contributed by atoms with E-state index in [4.69, 9.17) is 34.8 Å². The van der Waals surface area contributed by atoms with E-state index >= 15 is 0 Å². The molecule has 0 fully saturated rings. The molecule has 2 nitrogen and oxygen atoms in total. The largest absolute Gasteiger partial charge is 0.220 e. The number of rotatable bonds is 2. The van der Waals surface area contributed by atoms with Crippen molar-refractivity contribution in [3.8, 4) is 11.1 Å². The minimum Gasteiger partial charge on any atom is -0.220 e. The number of aromatic nitrogens is 2. The molecule has 0 bridgehead atoms. The molecule has 1 aromatic carbocycles. The standard InChI is InChI=1S/C15H15Cl3N2/c1-15(2,3)8-11-19-13(17)12(14(18)20-11)9-4-6-10(16)7-5-9/h4-7H,8H2,1-3H3. The monoisotopic (exact) mass is 328 g/mol. The summed E-state index contributed by atoms with van der Waals surface area (Å²) in [5, 5.41) is 1.39. The van der Waals surface area contributed by atoms with Gasteiger partial charge in [0, 0.05) is 11.4 Å². The molecule has 0 spiro atoms. The average molecular weight is 330 g/mol. The molecule has 20 heavy (non-hydrogen) atoms. The highest BCUT2D eigenvalue weighted by molar-refractivity contribution is 6.37. The Morgan fingerprint density at radius 1 is 0.900 bits per heavy atom. The predicted octanol–water partition coefficient (Wildman–Crippen LogP) is 5.69. The van der Waals surface area contributed by atoms with Crippen LogP contribution in [-0.2, 0) is 6.42 Å². The first-order valence-corrected chi connectivity index (χ1v) is 7.37. The van der Waals surface area contributed by atoms with E-state index in [0.717, 1.165) is 5.56 Å². The van der Waals surface area contributed by atoms with E-state index in [2.05, 4.69) is 30.7 Å². The lowest BCUT2D eigenvalue weighted by Gasteiger charge is -2.17. The van der Waals surface area contributed by atoms with Gasteiger partial charge < -0.3 is 0 Å². The molecule has 0 saturated heterocycles. The van der Waals surface area contributed by atoms with Gasteiger partial charge >= 0.3 is 0 Å². The van der Waals surface area contributed by atoms with E-state index in [9.17, 15) is 0 Å². The summed E-state index contributed by atoms with van der Waals surface area (Å²) in [4.78, 5) is 8.71. The zero-order valence-electron chi connectivity index (χ0n) is 11.5. The van der Waals surface area contributed by atoms with Gasteiger partial charge in [0.05, 0.1) is 5.56 Å². The summed E-state index contributed by atoms with van der Waals surface area (Å²) in [7, 11) is 0. The molecule has 2 aromatic rings. The van der Waals surface area contributed by atoms with Crippen molar-refractivity contribution < 1.29 is 0 Å². The number of benzene rings is 1. The maximum absolute atomic E-state index is 6.27. The second-order valence-corrected chi connectivity index (χ2v) is 6.99. The van der Waals surface area contributed by atoms with E-state index in [0.29, 0.717) is 33.1 Å². The van der Waals surface area contributed by atoms with Crippen LogP contribution in [0.2, 0.25) is 15.3 Å². The summed E-state index contributed by atoms with van der Waals surface area (Å²) < 4.78 is 0. The summed E-state index contributed by atoms with van der Waals surface area (Å²) in [5.41, 5.74) is 1.57. The van der Waals surface area contributed by atoms with Crippen molar-refractivity contribution in [3.63, 3.8) is 0 Å². The fraction of sp³-hybridized carbons (Fsp3) is 0.333. The molecule has 0 atom stereocenters. The Kier molecular flexibility index (Phi) is 4.58. The summed E-state index contributed by atoms with van der Waals surface area (Å²) in [6.07, 6.45) is 0.716. The fourth-order valence-electron chi connectivity index (χ4n) is 1.86. The molecule has 1 heterocycles. The van der Waals surface area contributed by atoms with Crippen molar-refractivity contribution in [2.75, 3.05) is 0 Å². The van der Waals surface area contributed by atoms with E-state index in [-0.39, 0.29) is 5.41 Å². The lowest BCUT2D eigenvalue weighted by atomic mass is 9.92. The van der Waals surface area contributed by atoms with Crippen molar-refractivity contribution in [1.29, 1.82) is 0 Å². The second-order valence-electron chi connectivity index (χ2n) is 5.84. The van der Waals surface area contributed by atoms with Crippen molar-refractivity contribution in [1.82, 2.24) is 9.97 Å². The van der Waals surface area contributed by atoms with Crippen molar-refractivity contribution in [2.24, 2.45) is 5.41 Å². The SMILES string of the molecule is CC(C)(C)Cc1nc(Cl)c(-c2ccc(Cl)cc2)c(Cl)n1. The van der Waals surface area contributed by atoms with Crippen LogP contribution < -0.4 is 0 Å². The average Bonchev–Trinajstić information content (AvgIpc) is 2.28. The maximum atomic E-state index is 6.27. The Morgan fingerprint density at radius 2 is 1.40 bits per heavy atom. The van der Waals surface area contributed by atoms with Crippen LogP contribution in [0.3, 0.4) is 0 Å². The third-order valence-corrected chi connectivity index (χ3v) is 3.49. The molecule has 0 aliphatic heterocycles. The summed E-state index contributed by atoms with van der Waals surface area (Å²) in [5.74, 6) is 0.658. The Hall–Kier alpha value is -0.830. The van der Waals surface area contributed by atoms with Crippen LogP contribution in [0.5, 0.6) is 0 Å². The molecular formula is C15H15Cl3N2. The van der Waals surface area contributed by atoms with Gasteiger partial charge in [-0.15, -0.1) is 0 Å². The van der Waals surface area contributed by atoms with Crippen LogP contribution in [0.25, 0.3) is 11.1 Å². The van der Waals surface area contributed by atoms with Crippen LogP contribution in [0.1, 0.15) is 26.6 Å². The van der Waals surface area contributed by atoms with Crippen molar-refractivity contribution in [2.45, 2.75) is 27.2 Å². The fourth-order valence-corrected chi connectivity index (χ4v) is 2.62. The van der Waals surface area contributed by atoms with E-state index in [1.165, 1.54) is 0 Å². The third kappa shape index (κ3) is 3.85. The van der Waals surface area contributed by atoms with E-state index < -0.39 is 0 Å². The molecular weight excluding hydrogens is 315 g/mol. The topological polar surface area (TPSA) is 25.8 Å². The van der Waals surface area contributed by atoms with Gasteiger partial charge in [0.25, 0.3) is 0 Å². The molecule has 0 aliphatic rings. The zero-order valence-corrected chi connectivity index (χ0v) is 13.8. The van der Waals surface area contributed by atoms with Crippen LogP contribution in [0.15, 0.2) is 24.3 Å². The summed E-state index contributed by atoms with van der Waals surface area (Å²) >= 11 is 18.4. The Bertz CT molecular complexity index is 593. The summed E-state index contributed by atoms with van der Waals surface area (Å²) in [6.45, 7) is 6.35. The highest BCUT2D eigenvalue weighted by atomic mass is 35.5. The highest BCUT2D eigenvalue weighted by Crippen LogP contribution is 2.33. The Balaban J connectivity index is 2.43. The predicted molar refractivity (Wildman–Crippen MR) is 85.7 cm³/mol. The maximum Gasteiger partial charge on any atom is 0.142 e. The zero-order chi connectivity index (χ0) is 14.9. The van der Waals surface area contributed by atoms with Gasteiger partial charge in [-0.2, -0.15) is 0 Å². The number of nitrogens with zero attached hydrogens (tertiary/aromatic N) is 2. The molecule has 0 aliphatic carbocycles. The third-order valence-electron chi connectivity index (χ3n) is 2.69. The molecule has 2 rings (SSSR count). The van der Waals surface area contributed by atoms with E-state index in [1.54, 1.807) is 12.1 Å². The van der Waals surface area contributed by atoms with Crippen molar-refractivity contribution in [3.05, 3.63) is 45.4 Å². The molecule has 0 unspecified atom stereocenters. The molecule has 0 amide bonds. The highest BCUT2D eigenvalue weighted by Gasteiger charge is 2.18. The second kappa shape index (κ2) is 5.88. The van der Waals surface area contributed by atoms with Crippen LogP contribution >= 0.6 is 34.8 Å². The Morgan fingerprint density at radius 3 is 1.85 bits per heavy atom. The summed E-state index contributed by atoms with van der Waals surface area (Å²) in [6, 6.07) is 7.27. The minimum absolute atomic E-state index is 0.0778. The normalized spacial score (nSPS) is 11.7. The van der Waals surface area contributed by atoms with Gasteiger partial charge in [-0.25, -0.2) is 9.97 Å². The first-order chi connectivity index (χ1) is 9.26. The quantitative estimate of drug-likeness (QED) is 0.661. The van der Waals surface area contributed by atoms with Gasteiger partial charge in [-0.3, -0.25) is 0 Å². The van der Waals surface area contributed by atoms with Crippen molar-refractivity contribution >= 4 is 34.8 Å². The van der Waals surface area contributed by atoms with Gasteiger partial charge in [-0.05, 0) is 23.1 Å². The van der Waals surface area contributed by atoms with Crippen LogP contribution in [-0.4, -0.2) is 9.97 Å². The number of hydrogen-bond donors (Lipinski definition) is 0. The van der Waals surface area contributed by atoms with Crippen LogP contribution in [0.4, 0.5) is 0 Å². The van der Waals surface area contributed by atoms with Crippen LogP contribution in [0, 0.1) is 5.41 Å². The van der Waals surface area contributed by atoms with Gasteiger partial charge in [0.2, 0.25) is 0 Å². The molecule has 106 valence electrons. The lowest BCUT2D eigenvalue weighted by molar-refractivity contribution is 0.400. The van der Waals surface area contributed by atoms with E-state index in [1.807, 2.05) is 12.1 Å². The van der Waals surface area contributed by atoms with Gasteiger partial charge in [0.15, 0.2) is 0 Å². The Labute approximate surface area is 134 Å². The number of hydrogen-bond acceptors (Lipinski definition) is 2. The first kappa shape index (κ1) is 15.6. The minimum atomic E-state index is 0.0778. The molecule has 0 radical (unpaired) electrons. The molecule has 1 aromatic heterocycles. The first-order valence-electron chi connectivity index (χ1n) is 6.24. The number of halogens is 3. The smallest absolute Gasteiger partial charge is 0.142 e. The lowest BCUT2D eigenvalue weighted by Crippen LogP contribution is -2.12. The molecule has 0 N–H and O–H groups in total.